The van der Waals surface area contributed by atoms with E-state index >= 15 is 0 Å². The molecular formula is C24H23NO4. The minimum atomic E-state index is -0.223. The third-order valence-corrected chi connectivity index (χ3v) is 4.40. The van der Waals surface area contributed by atoms with Gasteiger partial charge in [0.05, 0.1) is 21.3 Å². The maximum absolute atomic E-state index is 13.1. The summed E-state index contributed by atoms with van der Waals surface area (Å²) >= 11 is 0. The molecule has 0 fully saturated rings. The molecule has 0 spiro atoms. The third-order valence-electron chi connectivity index (χ3n) is 4.40. The number of carbonyl (C=O) groups excluding carboxylic acids is 1. The number of anilines is 1. The van der Waals surface area contributed by atoms with Crippen LogP contribution in [-0.2, 0) is 4.79 Å². The molecular weight excluding hydrogens is 366 g/mol. The van der Waals surface area contributed by atoms with E-state index in [9.17, 15) is 4.79 Å². The molecule has 3 rings (SSSR count). The molecule has 0 radical (unpaired) electrons. The van der Waals surface area contributed by atoms with E-state index in [1.54, 1.807) is 39.5 Å². The number of nitrogens with one attached hydrogen (secondary N) is 1. The molecule has 0 aliphatic carbocycles. The molecule has 0 aliphatic rings. The second-order valence-electron chi connectivity index (χ2n) is 6.22. The summed E-state index contributed by atoms with van der Waals surface area (Å²) in [5.74, 6) is 1.69. The van der Waals surface area contributed by atoms with Gasteiger partial charge in [0.25, 0.3) is 5.91 Å². The summed E-state index contributed by atoms with van der Waals surface area (Å²) < 4.78 is 15.8. The molecule has 29 heavy (non-hydrogen) atoms. The van der Waals surface area contributed by atoms with E-state index in [4.69, 9.17) is 14.2 Å². The van der Waals surface area contributed by atoms with Gasteiger partial charge in [0.1, 0.15) is 5.75 Å². The zero-order valence-corrected chi connectivity index (χ0v) is 16.6. The van der Waals surface area contributed by atoms with Crippen LogP contribution in [-0.4, -0.2) is 27.2 Å². The molecule has 3 aromatic carbocycles. The van der Waals surface area contributed by atoms with E-state index in [-0.39, 0.29) is 5.91 Å². The topological polar surface area (TPSA) is 56.8 Å². The molecule has 5 nitrogen and oxygen atoms in total. The first-order chi connectivity index (χ1) is 14.1. The highest BCUT2D eigenvalue weighted by atomic mass is 16.5. The monoisotopic (exact) mass is 389 g/mol. The number of hydrogen-bond acceptors (Lipinski definition) is 4. The number of ether oxygens (including phenoxy) is 3. The molecule has 3 aromatic rings. The van der Waals surface area contributed by atoms with Gasteiger partial charge in [-0.2, -0.15) is 0 Å². The fourth-order valence-electron chi connectivity index (χ4n) is 2.88. The first kappa shape index (κ1) is 20.0. The van der Waals surface area contributed by atoms with Gasteiger partial charge in [-0.25, -0.2) is 0 Å². The van der Waals surface area contributed by atoms with E-state index in [1.807, 2.05) is 60.7 Å². The first-order valence-electron chi connectivity index (χ1n) is 9.09. The average Bonchev–Trinajstić information content (AvgIpc) is 2.78. The Kier molecular flexibility index (Phi) is 6.53. The van der Waals surface area contributed by atoms with Crippen molar-refractivity contribution >= 4 is 23.2 Å². The Morgan fingerprint density at radius 1 is 0.793 bits per heavy atom. The molecule has 0 saturated carbocycles. The van der Waals surface area contributed by atoms with Gasteiger partial charge >= 0.3 is 0 Å². The highest BCUT2D eigenvalue weighted by molar-refractivity contribution is 6.29. The van der Waals surface area contributed by atoms with Gasteiger partial charge in [0, 0.05) is 17.3 Å². The van der Waals surface area contributed by atoms with E-state index in [0.29, 0.717) is 22.8 Å². The number of methoxy groups -OCH3 is 3. The van der Waals surface area contributed by atoms with Gasteiger partial charge in [-0.1, -0.05) is 42.5 Å². The zero-order chi connectivity index (χ0) is 20.6. The Morgan fingerprint density at radius 3 is 2.10 bits per heavy atom. The Hall–Kier alpha value is -3.73. The Balaban J connectivity index is 1.93. The minimum absolute atomic E-state index is 0.223. The van der Waals surface area contributed by atoms with E-state index in [0.717, 1.165) is 16.9 Å². The van der Waals surface area contributed by atoms with Crippen molar-refractivity contribution in [3.63, 3.8) is 0 Å². The fraction of sp³-hybridized carbons (Fsp3) is 0.125. The summed E-state index contributed by atoms with van der Waals surface area (Å²) in [4.78, 5) is 13.1. The normalized spacial score (nSPS) is 10.9. The van der Waals surface area contributed by atoms with Crippen LogP contribution in [0.5, 0.6) is 17.2 Å². The predicted octanol–water partition coefficient (Wildman–Crippen LogP) is 4.89. The smallest absolute Gasteiger partial charge is 0.256 e. The van der Waals surface area contributed by atoms with Crippen molar-refractivity contribution < 1.29 is 19.0 Å². The lowest BCUT2D eigenvalue weighted by atomic mass is 10.0. The molecule has 0 unspecified atom stereocenters. The number of amides is 1. The van der Waals surface area contributed by atoms with Gasteiger partial charge in [0.15, 0.2) is 11.5 Å². The van der Waals surface area contributed by atoms with Crippen molar-refractivity contribution in [2.24, 2.45) is 0 Å². The molecule has 0 heterocycles. The largest absolute Gasteiger partial charge is 0.497 e. The number of hydrogen-bond donors (Lipinski definition) is 1. The molecule has 1 N–H and O–H groups in total. The van der Waals surface area contributed by atoms with E-state index in [2.05, 4.69) is 5.32 Å². The lowest BCUT2D eigenvalue weighted by molar-refractivity contribution is -0.111. The standard InChI is InChI=1S/C24H23NO4/c1-27-20-12-9-17(10-13-20)15-21(18-7-5-4-6-8-18)24(26)25-19-11-14-22(28-2)23(16-19)29-3/h4-16H,1-3H3,(H,25,26)/b21-15-. The van der Waals surface area contributed by atoms with Gasteiger partial charge in [-0.05, 0) is 41.5 Å². The molecule has 0 aliphatic heterocycles. The SMILES string of the molecule is COc1ccc(/C=C(\C(=O)Nc2ccc(OC)c(OC)c2)c2ccccc2)cc1. The van der Waals surface area contributed by atoms with Gasteiger partial charge in [0.2, 0.25) is 0 Å². The van der Waals surface area contributed by atoms with Crippen LogP contribution in [0.25, 0.3) is 11.6 Å². The summed E-state index contributed by atoms with van der Waals surface area (Å²) in [6, 6.07) is 22.3. The van der Waals surface area contributed by atoms with Crippen molar-refractivity contribution in [1.29, 1.82) is 0 Å². The van der Waals surface area contributed by atoms with Crippen molar-refractivity contribution in [3.8, 4) is 17.2 Å². The summed E-state index contributed by atoms with van der Waals surface area (Å²) in [6.45, 7) is 0. The Labute approximate surface area is 170 Å². The first-order valence-corrected chi connectivity index (χ1v) is 9.09. The molecule has 0 atom stereocenters. The maximum atomic E-state index is 13.1. The van der Waals surface area contributed by atoms with Crippen LogP contribution in [0.2, 0.25) is 0 Å². The van der Waals surface area contributed by atoms with E-state index < -0.39 is 0 Å². The molecule has 148 valence electrons. The van der Waals surface area contributed by atoms with Crippen LogP contribution >= 0.6 is 0 Å². The van der Waals surface area contributed by atoms with Crippen molar-refractivity contribution in [3.05, 3.63) is 83.9 Å². The van der Waals surface area contributed by atoms with Gasteiger partial charge in [-0.3, -0.25) is 4.79 Å². The summed E-state index contributed by atoms with van der Waals surface area (Å²) in [6.07, 6.45) is 1.85. The lowest BCUT2D eigenvalue weighted by Crippen LogP contribution is -2.13. The molecule has 5 heteroatoms. The van der Waals surface area contributed by atoms with E-state index in [1.165, 1.54) is 0 Å². The summed E-state index contributed by atoms with van der Waals surface area (Å²) in [5, 5.41) is 2.94. The second-order valence-corrected chi connectivity index (χ2v) is 6.22. The third kappa shape index (κ3) is 4.96. The van der Waals surface area contributed by atoms with Crippen molar-refractivity contribution in [2.75, 3.05) is 26.6 Å². The second kappa shape index (κ2) is 9.46. The van der Waals surface area contributed by atoms with Crippen LogP contribution in [0.1, 0.15) is 11.1 Å². The molecule has 0 bridgehead atoms. The van der Waals surface area contributed by atoms with Gasteiger partial charge in [-0.15, -0.1) is 0 Å². The molecule has 0 aromatic heterocycles. The van der Waals surface area contributed by atoms with Crippen molar-refractivity contribution in [2.45, 2.75) is 0 Å². The van der Waals surface area contributed by atoms with Crippen molar-refractivity contribution in [1.82, 2.24) is 0 Å². The quantitative estimate of drug-likeness (QED) is 0.462. The summed E-state index contributed by atoms with van der Waals surface area (Å²) in [7, 11) is 4.75. The van der Waals surface area contributed by atoms with Crippen LogP contribution in [0, 0.1) is 0 Å². The lowest BCUT2D eigenvalue weighted by Gasteiger charge is -2.12. The minimum Gasteiger partial charge on any atom is -0.497 e. The predicted molar refractivity (Wildman–Crippen MR) is 115 cm³/mol. The van der Waals surface area contributed by atoms with Crippen LogP contribution in [0.15, 0.2) is 72.8 Å². The Morgan fingerprint density at radius 2 is 1.48 bits per heavy atom. The van der Waals surface area contributed by atoms with Gasteiger partial charge < -0.3 is 19.5 Å². The van der Waals surface area contributed by atoms with Crippen LogP contribution in [0.3, 0.4) is 0 Å². The number of carbonyl (C=O) groups is 1. The Bertz CT molecular complexity index is 995. The highest BCUT2D eigenvalue weighted by Gasteiger charge is 2.14. The maximum Gasteiger partial charge on any atom is 0.256 e. The number of rotatable bonds is 7. The fourth-order valence-corrected chi connectivity index (χ4v) is 2.88. The zero-order valence-electron chi connectivity index (χ0n) is 16.6. The van der Waals surface area contributed by atoms with Crippen LogP contribution < -0.4 is 19.5 Å². The van der Waals surface area contributed by atoms with Crippen LogP contribution in [0.4, 0.5) is 5.69 Å². The summed E-state index contributed by atoms with van der Waals surface area (Å²) in [5.41, 5.74) is 2.88. The highest BCUT2D eigenvalue weighted by Crippen LogP contribution is 2.30. The number of benzene rings is 3. The average molecular weight is 389 g/mol. The molecule has 0 saturated heterocycles. The molecule has 1 amide bonds.